The van der Waals surface area contributed by atoms with E-state index in [1.807, 2.05) is 13.8 Å². The van der Waals surface area contributed by atoms with Gasteiger partial charge in [-0.15, -0.1) is 0 Å². The summed E-state index contributed by atoms with van der Waals surface area (Å²) in [6, 6.07) is 0. The minimum Gasteiger partial charge on any atom is -0.0683 e. The molecular formula is C14H28. The van der Waals surface area contributed by atoms with Crippen molar-refractivity contribution in [2.45, 2.75) is 72.6 Å². The molecule has 14 heavy (non-hydrogen) atoms. The molecule has 84 valence electrons. The summed E-state index contributed by atoms with van der Waals surface area (Å²) in [6.45, 7) is 8.76. The topological polar surface area (TPSA) is 0 Å². The Morgan fingerprint density at radius 3 is 1.93 bits per heavy atom. The molecule has 2 aliphatic rings. The third-order valence-electron chi connectivity index (χ3n) is 4.41. The van der Waals surface area contributed by atoms with Crippen molar-refractivity contribution >= 4 is 0 Å². The molecule has 2 atom stereocenters. The molecule has 0 saturated heterocycles. The normalized spacial score (nSPS) is 33.4. The van der Waals surface area contributed by atoms with Gasteiger partial charge >= 0.3 is 0 Å². The third-order valence-corrected chi connectivity index (χ3v) is 4.41. The molecule has 0 amide bonds. The van der Waals surface area contributed by atoms with Crippen LogP contribution in [0.5, 0.6) is 0 Å². The van der Waals surface area contributed by atoms with E-state index in [-0.39, 0.29) is 0 Å². The summed E-state index contributed by atoms with van der Waals surface area (Å²) in [5.74, 6) is 2.15. The van der Waals surface area contributed by atoms with E-state index in [0.29, 0.717) is 0 Å². The molecule has 0 radical (unpaired) electrons. The van der Waals surface area contributed by atoms with Gasteiger partial charge in [0, 0.05) is 0 Å². The molecule has 2 fully saturated rings. The largest absolute Gasteiger partial charge is 0.0683 e. The maximum Gasteiger partial charge on any atom is -0.0294 e. The highest BCUT2D eigenvalue weighted by Crippen LogP contribution is 2.59. The van der Waals surface area contributed by atoms with Gasteiger partial charge in [0.1, 0.15) is 0 Å². The van der Waals surface area contributed by atoms with Crippen LogP contribution in [-0.2, 0) is 0 Å². The molecule has 0 N–H and O–H groups in total. The molecule has 0 aromatic carbocycles. The highest BCUT2D eigenvalue weighted by Gasteiger charge is 2.47. The molecule has 0 aromatic heterocycles. The van der Waals surface area contributed by atoms with E-state index >= 15 is 0 Å². The van der Waals surface area contributed by atoms with Gasteiger partial charge in [-0.25, -0.2) is 0 Å². The van der Waals surface area contributed by atoms with Gasteiger partial charge < -0.3 is 0 Å². The van der Waals surface area contributed by atoms with Crippen LogP contribution in [0.2, 0.25) is 0 Å². The van der Waals surface area contributed by atoms with E-state index in [1.54, 1.807) is 25.7 Å². The first-order chi connectivity index (χ1) is 6.79. The molecule has 0 heteroatoms. The van der Waals surface area contributed by atoms with Gasteiger partial charge in [0.15, 0.2) is 0 Å². The van der Waals surface area contributed by atoms with Crippen LogP contribution in [0.25, 0.3) is 0 Å². The molecule has 2 aliphatic carbocycles. The summed E-state index contributed by atoms with van der Waals surface area (Å²) in [6.07, 6.45) is 10.6. The van der Waals surface area contributed by atoms with Gasteiger partial charge in [-0.1, -0.05) is 40.5 Å². The van der Waals surface area contributed by atoms with Crippen LogP contribution in [0.1, 0.15) is 72.6 Å². The molecule has 2 rings (SSSR count). The fourth-order valence-electron chi connectivity index (χ4n) is 3.20. The summed E-state index contributed by atoms with van der Waals surface area (Å²) < 4.78 is 0. The van der Waals surface area contributed by atoms with E-state index in [9.17, 15) is 0 Å². The van der Waals surface area contributed by atoms with Crippen LogP contribution < -0.4 is 0 Å². The van der Waals surface area contributed by atoms with Gasteiger partial charge in [-0.05, 0) is 49.4 Å². The Balaban J connectivity index is 0.000000461. The SMILES string of the molecule is CC.CCC1CCC2(CC2)CC1CC. The molecule has 1 spiro atoms. The maximum absolute atomic E-state index is 2.38. The Hall–Kier alpha value is 0. The van der Waals surface area contributed by atoms with E-state index in [0.717, 1.165) is 17.3 Å². The monoisotopic (exact) mass is 196 g/mol. The minimum atomic E-state index is 0.881. The van der Waals surface area contributed by atoms with Gasteiger partial charge in [0.2, 0.25) is 0 Å². The Labute approximate surface area is 90.5 Å². The molecule has 2 unspecified atom stereocenters. The second kappa shape index (κ2) is 5.19. The standard InChI is InChI=1S/C12H22.C2H6/c1-3-10-5-6-12(7-8-12)9-11(10)4-2;1-2/h10-11H,3-9H2,1-2H3;1-2H3. The lowest BCUT2D eigenvalue weighted by Crippen LogP contribution is -2.24. The summed E-state index contributed by atoms with van der Waals surface area (Å²) >= 11 is 0. The van der Waals surface area contributed by atoms with Crippen LogP contribution in [-0.4, -0.2) is 0 Å². The van der Waals surface area contributed by atoms with E-state index in [2.05, 4.69) is 13.8 Å². The zero-order chi connectivity index (χ0) is 10.6. The van der Waals surface area contributed by atoms with Crippen molar-refractivity contribution in [3.05, 3.63) is 0 Å². The van der Waals surface area contributed by atoms with Crippen molar-refractivity contribution in [3.8, 4) is 0 Å². The van der Waals surface area contributed by atoms with Crippen LogP contribution in [0.15, 0.2) is 0 Å². The molecule has 0 nitrogen and oxygen atoms in total. The van der Waals surface area contributed by atoms with E-state index in [1.165, 1.54) is 19.3 Å². The van der Waals surface area contributed by atoms with Crippen molar-refractivity contribution < 1.29 is 0 Å². The predicted octanol–water partition coefficient (Wildman–Crippen LogP) is 5.03. The van der Waals surface area contributed by atoms with Crippen molar-refractivity contribution in [1.29, 1.82) is 0 Å². The summed E-state index contributed by atoms with van der Waals surface area (Å²) in [7, 11) is 0. The van der Waals surface area contributed by atoms with Crippen LogP contribution in [0.4, 0.5) is 0 Å². The number of hydrogen-bond donors (Lipinski definition) is 0. The van der Waals surface area contributed by atoms with Gasteiger partial charge in [-0.2, -0.15) is 0 Å². The maximum atomic E-state index is 2.38. The fourth-order valence-corrected chi connectivity index (χ4v) is 3.20. The second-order valence-electron chi connectivity index (χ2n) is 5.08. The zero-order valence-electron chi connectivity index (χ0n) is 10.6. The van der Waals surface area contributed by atoms with Crippen LogP contribution in [0, 0.1) is 17.3 Å². The van der Waals surface area contributed by atoms with E-state index < -0.39 is 0 Å². The molecule has 0 aromatic rings. The lowest BCUT2D eigenvalue weighted by Gasteiger charge is -2.35. The Morgan fingerprint density at radius 2 is 1.50 bits per heavy atom. The molecular weight excluding hydrogens is 168 g/mol. The second-order valence-corrected chi connectivity index (χ2v) is 5.08. The highest BCUT2D eigenvalue weighted by atomic mass is 14.5. The summed E-state index contributed by atoms with van der Waals surface area (Å²) in [5, 5.41) is 0. The third kappa shape index (κ3) is 2.52. The smallest absolute Gasteiger partial charge is 0.0294 e. The number of rotatable bonds is 2. The lowest BCUT2D eigenvalue weighted by molar-refractivity contribution is 0.156. The minimum absolute atomic E-state index is 0.881. The van der Waals surface area contributed by atoms with Crippen molar-refractivity contribution in [2.75, 3.05) is 0 Å². The summed E-state index contributed by atoms with van der Waals surface area (Å²) in [4.78, 5) is 0. The zero-order valence-corrected chi connectivity index (χ0v) is 10.6. The van der Waals surface area contributed by atoms with E-state index in [4.69, 9.17) is 0 Å². The molecule has 0 heterocycles. The predicted molar refractivity (Wildman–Crippen MR) is 64.4 cm³/mol. The first-order valence-electron chi connectivity index (χ1n) is 6.79. The van der Waals surface area contributed by atoms with Gasteiger partial charge in [-0.3, -0.25) is 0 Å². The lowest BCUT2D eigenvalue weighted by atomic mass is 9.70. The van der Waals surface area contributed by atoms with Gasteiger partial charge in [0.05, 0.1) is 0 Å². The van der Waals surface area contributed by atoms with Crippen molar-refractivity contribution in [3.63, 3.8) is 0 Å². The average molecular weight is 196 g/mol. The first kappa shape index (κ1) is 12.1. The fraction of sp³-hybridized carbons (Fsp3) is 1.00. The van der Waals surface area contributed by atoms with Crippen LogP contribution >= 0.6 is 0 Å². The Kier molecular flexibility index (Phi) is 4.47. The molecule has 2 saturated carbocycles. The highest BCUT2D eigenvalue weighted by molar-refractivity contribution is 4.98. The molecule has 0 bridgehead atoms. The molecule has 0 aliphatic heterocycles. The Morgan fingerprint density at radius 1 is 0.929 bits per heavy atom. The summed E-state index contributed by atoms with van der Waals surface area (Å²) in [5.41, 5.74) is 0.881. The Bertz CT molecular complexity index is 155. The van der Waals surface area contributed by atoms with Gasteiger partial charge in [0.25, 0.3) is 0 Å². The van der Waals surface area contributed by atoms with Crippen molar-refractivity contribution in [1.82, 2.24) is 0 Å². The quantitative estimate of drug-likeness (QED) is 0.581. The average Bonchev–Trinajstić information content (AvgIpc) is 3.01. The van der Waals surface area contributed by atoms with Crippen LogP contribution in [0.3, 0.4) is 0 Å². The number of hydrogen-bond acceptors (Lipinski definition) is 0. The first-order valence-corrected chi connectivity index (χ1v) is 6.79. The van der Waals surface area contributed by atoms with Crippen molar-refractivity contribution in [2.24, 2.45) is 17.3 Å².